The van der Waals surface area contributed by atoms with Crippen LogP contribution in [0.25, 0.3) is 0 Å². The molecule has 1 heterocycles. The maximum absolute atomic E-state index is 11.7. The monoisotopic (exact) mass is 282 g/mol. The zero-order valence-electron chi connectivity index (χ0n) is 11.8. The Morgan fingerprint density at radius 2 is 2.05 bits per heavy atom. The molecule has 0 spiro atoms. The van der Waals surface area contributed by atoms with E-state index in [4.69, 9.17) is 9.47 Å². The number of ether oxygens (including phenoxy) is 2. The van der Waals surface area contributed by atoms with E-state index in [0.717, 1.165) is 0 Å². The van der Waals surface area contributed by atoms with E-state index in [9.17, 15) is 14.7 Å². The lowest BCUT2D eigenvalue weighted by molar-refractivity contribution is -0.139. The number of methoxy groups -OCH3 is 1. The Kier molecular flexibility index (Phi) is 4.90. The van der Waals surface area contributed by atoms with Crippen LogP contribution in [0.1, 0.15) is 32.4 Å². The number of hydrogen-bond donors (Lipinski definition) is 2. The Balaban J connectivity index is 2.96. The van der Waals surface area contributed by atoms with Crippen LogP contribution in [0.4, 0.5) is 4.79 Å². The molecule has 2 N–H and O–H groups in total. The predicted octanol–water partition coefficient (Wildman–Crippen LogP) is 1.74. The van der Waals surface area contributed by atoms with Crippen LogP contribution in [0, 0.1) is 0 Å². The fourth-order valence-electron chi connectivity index (χ4n) is 1.49. The Morgan fingerprint density at radius 3 is 2.55 bits per heavy atom. The molecule has 1 aromatic heterocycles. The van der Waals surface area contributed by atoms with Crippen molar-refractivity contribution >= 4 is 12.1 Å². The van der Waals surface area contributed by atoms with Gasteiger partial charge in [0.25, 0.3) is 0 Å². The van der Waals surface area contributed by atoms with Gasteiger partial charge in [-0.1, -0.05) is 0 Å². The van der Waals surface area contributed by atoms with Crippen molar-refractivity contribution < 1.29 is 24.2 Å². The number of amides is 1. The molecule has 0 unspecified atom stereocenters. The van der Waals surface area contributed by atoms with Crippen molar-refractivity contribution in [3.8, 4) is 5.88 Å². The molecule has 0 aliphatic heterocycles. The second kappa shape index (κ2) is 6.23. The molecule has 0 saturated carbocycles. The summed E-state index contributed by atoms with van der Waals surface area (Å²) >= 11 is 0. The molecule has 0 aliphatic rings. The number of alkyl carbamates (subject to hydrolysis) is 1. The van der Waals surface area contributed by atoms with Crippen LogP contribution in [0.3, 0.4) is 0 Å². The highest BCUT2D eigenvalue weighted by Gasteiger charge is 2.28. The molecule has 0 fully saturated rings. The van der Waals surface area contributed by atoms with Crippen molar-refractivity contribution in [2.75, 3.05) is 7.11 Å². The fourth-order valence-corrected chi connectivity index (χ4v) is 1.49. The van der Waals surface area contributed by atoms with E-state index in [1.165, 1.54) is 19.4 Å². The van der Waals surface area contributed by atoms with Gasteiger partial charge in [0.2, 0.25) is 5.88 Å². The lowest BCUT2D eigenvalue weighted by atomic mass is 10.1. The maximum atomic E-state index is 11.7. The van der Waals surface area contributed by atoms with Crippen molar-refractivity contribution in [1.82, 2.24) is 10.3 Å². The molecule has 7 heteroatoms. The second-order valence-electron chi connectivity index (χ2n) is 5.02. The molecule has 0 saturated heterocycles. The fraction of sp³-hybridized carbons (Fsp3) is 0.462. The quantitative estimate of drug-likeness (QED) is 0.873. The van der Waals surface area contributed by atoms with Gasteiger partial charge in [-0.2, -0.15) is 0 Å². The molecule has 0 aromatic carbocycles. The van der Waals surface area contributed by atoms with Crippen LogP contribution < -0.4 is 10.1 Å². The minimum Gasteiger partial charge on any atom is -0.481 e. The SMILES string of the molecule is COc1ncccc1[C@H](NC(=O)OC(C)(C)C)C(=O)O. The third-order valence-electron chi connectivity index (χ3n) is 2.21. The minimum absolute atomic E-state index is 0.135. The zero-order valence-corrected chi connectivity index (χ0v) is 11.8. The average molecular weight is 282 g/mol. The third-order valence-corrected chi connectivity index (χ3v) is 2.21. The van der Waals surface area contributed by atoms with Crippen molar-refractivity contribution in [3.63, 3.8) is 0 Å². The smallest absolute Gasteiger partial charge is 0.408 e. The molecule has 1 atom stereocenters. The Hall–Kier alpha value is -2.31. The van der Waals surface area contributed by atoms with Gasteiger partial charge in [0, 0.05) is 11.8 Å². The third kappa shape index (κ3) is 4.42. The Bertz CT molecular complexity index is 496. The molecule has 1 rings (SSSR count). The number of aliphatic carboxylic acids is 1. The van der Waals surface area contributed by atoms with E-state index in [0.29, 0.717) is 0 Å². The van der Waals surface area contributed by atoms with Crippen molar-refractivity contribution in [1.29, 1.82) is 0 Å². The first kappa shape index (κ1) is 15.7. The number of nitrogens with zero attached hydrogens (tertiary/aromatic N) is 1. The van der Waals surface area contributed by atoms with Crippen molar-refractivity contribution in [2.24, 2.45) is 0 Å². The molecule has 7 nitrogen and oxygen atoms in total. The van der Waals surface area contributed by atoms with E-state index in [1.54, 1.807) is 26.8 Å². The minimum atomic E-state index is -1.30. The first-order chi connectivity index (χ1) is 9.24. The molecule has 0 bridgehead atoms. The number of hydrogen-bond acceptors (Lipinski definition) is 5. The highest BCUT2D eigenvalue weighted by molar-refractivity contribution is 5.82. The molecular weight excluding hydrogens is 264 g/mol. The summed E-state index contributed by atoms with van der Waals surface area (Å²) in [7, 11) is 1.37. The normalized spacial score (nSPS) is 12.4. The van der Waals surface area contributed by atoms with Crippen LogP contribution in [-0.2, 0) is 9.53 Å². The van der Waals surface area contributed by atoms with Crippen LogP contribution in [0.5, 0.6) is 5.88 Å². The molecule has 20 heavy (non-hydrogen) atoms. The summed E-state index contributed by atoms with van der Waals surface area (Å²) in [4.78, 5) is 26.9. The van der Waals surface area contributed by atoms with Crippen LogP contribution >= 0.6 is 0 Å². The van der Waals surface area contributed by atoms with Gasteiger partial charge >= 0.3 is 12.1 Å². The van der Waals surface area contributed by atoms with Crippen molar-refractivity contribution in [3.05, 3.63) is 23.9 Å². The van der Waals surface area contributed by atoms with E-state index in [2.05, 4.69) is 10.3 Å². The first-order valence-corrected chi connectivity index (χ1v) is 5.96. The molecule has 1 amide bonds. The number of carbonyl (C=O) groups is 2. The lowest BCUT2D eigenvalue weighted by Crippen LogP contribution is -2.38. The van der Waals surface area contributed by atoms with Crippen molar-refractivity contribution in [2.45, 2.75) is 32.4 Å². The van der Waals surface area contributed by atoms with E-state index >= 15 is 0 Å². The maximum Gasteiger partial charge on any atom is 0.408 e. The number of carboxylic acids is 1. The summed E-state index contributed by atoms with van der Waals surface area (Å²) in [5, 5.41) is 11.5. The van der Waals surface area contributed by atoms with Crippen LogP contribution in [-0.4, -0.2) is 34.9 Å². The standard InChI is InChI=1S/C13H18N2O5/c1-13(2,3)20-12(18)15-9(11(16)17)8-6-5-7-14-10(8)19-4/h5-7,9H,1-4H3,(H,15,18)(H,16,17)/t9-/m0/s1. The molecule has 1 aromatic rings. The summed E-state index contributed by atoms with van der Waals surface area (Å²) in [5.41, 5.74) is -0.472. The number of rotatable bonds is 4. The summed E-state index contributed by atoms with van der Waals surface area (Å²) < 4.78 is 10.0. The van der Waals surface area contributed by atoms with E-state index < -0.39 is 23.7 Å². The first-order valence-electron chi connectivity index (χ1n) is 5.96. The van der Waals surface area contributed by atoms with Gasteiger partial charge in [0.1, 0.15) is 5.60 Å². The zero-order chi connectivity index (χ0) is 15.3. The Labute approximate surface area is 116 Å². The number of pyridine rings is 1. The highest BCUT2D eigenvalue weighted by atomic mass is 16.6. The van der Waals surface area contributed by atoms with Gasteiger partial charge in [-0.25, -0.2) is 14.6 Å². The molecule has 0 radical (unpaired) electrons. The van der Waals surface area contributed by atoms with Gasteiger partial charge < -0.3 is 19.9 Å². The number of aromatic nitrogens is 1. The summed E-state index contributed by atoms with van der Waals surface area (Å²) in [6.07, 6.45) is 0.644. The summed E-state index contributed by atoms with van der Waals surface area (Å²) in [5.74, 6) is -1.10. The molecule has 110 valence electrons. The molecular formula is C13H18N2O5. The highest BCUT2D eigenvalue weighted by Crippen LogP contribution is 2.23. The second-order valence-corrected chi connectivity index (χ2v) is 5.02. The van der Waals surface area contributed by atoms with Crippen LogP contribution in [0.2, 0.25) is 0 Å². The van der Waals surface area contributed by atoms with Gasteiger partial charge in [-0.15, -0.1) is 0 Å². The topological polar surface area (TPSA) is 97.8 Å². The Morgan fingerprint density at radius 1 is 1.40 bits per heavy atom. The number of carboxylic acid groups (broad SMARTS) is 1. The summed E-state index contributed by atoms with van der Waals surface area (Å²) in [6, 6.07) is 1.78. The van der Waals surface area contributed by atoms with E-state index in [-0.39, 0.29) is 11.4 Å². The number of nitrogens with one attached hydrogen (secondary N) is 1. The van der Waals surface area contributed by atoms with Gasteiger partial charge in [-0.3, -0.25) is 0 Å². The van der Waals surface area contributed by atoms with Gasteiger partial charge in [0.15, 0.2) is 6.04 Å². The van der Waals surface area contributed by atoms with Crippen LogP contribution in [0.15, 0.2) is 18.3 Å². The van der Waals surface area contributed by atoms with Gasteiger partial charge in [-0.05, 0) is 32.9 Å². The summed E-state index contributed by atoms with van der Waals surface area (Å²) in [6.45, 7) is 5.06. The number of carbonyl (C=O) groups excluding carboxylic acids is 1. The largest absolute Gasteiger partial charge is 0.481 e. The van der Waals surface area contributed by atoms with Gasteiger partial charge in [0.05, 0.1) is 7.11 Å². The predicted molar refractivity (Wildman–Crippen MR) is 70.5 cm³/mol. The molecule has 0 aliphatic carbocycles. The lowest BCUT2D eigenvalue weighted by Gasteiger charge is -2.22. The average Bonchev–Trinajstić information content (AvgIpc) is 2.33. The van der Waals surface area contributed by atoms with E-state index in [1.807, 2.05) is 0 Å².